The first-order valence-electron chi connectivity index (χ1n) is 7.49. The van der Waals surface area contributed by atoms with Gasteiger partial charge in [-0.3, -0.25) is 4.79 Å². The number of benzene rings is 1. The summed E-state index contributed by atoms with van der Waals surface area (Å²) in [6.07, 6.45) is 0.726. The SMILES string of the molecule is COc1ccc2c(c1)CC(C(=O)N1CCNC(C)C1)CO2.Cl. The normalized spacial score (nSPS) is 23.8. The van der Waals surface area contributed by atoms with E-state index < -0.39 is 0 Å². The summed E-state index contributed by atoms with van der Waals surface area (Å²) in [5, 5.41) is 3.36. The maximum atomic E-state index is 12.6. The molecule has 1 saturated heterocycles. The summed E-state index contributed by atoms with van der Waals surface area (Å²) in [5.74, 6) is 1.79. The summed E-state index contributed by atoms with van der Waals surface area (Å²) < 4.78 is 11.0. The Morgan fingerprint density at radius 2 is 2.27 bits per heavy atom. The topological polar surface area (TPSA) is 50.8 Å². The fourth-order valence-corrected chi connectivity index (χ4v) is 3.05. The van der Waals surface area contributed by atoms with Crippen molar-refractivity contribution in [1.82, 2.24) is 10.2 Å². The van der Waals surface area contributed by atoms with Crippen LogP contribution in [0.4, 0.5) is 0 Å². The number of amides is 1. The zero-order chi connectivity index (χ0) is 14.8. The van der Waals surface area contributed by atoms with Crippen LogP contribution < -0.4 is 14.8 Å². The van der Waals surface area contributed by atoms with E-state index in [4.69, 9.17) is 9.47 Å². The minimum absolute atomic E-state index is 0. The van der Waals surface area contributed by atoms with Crippen LogP contribution in [0.3, 0.4) is 0 Å². The minimum Gasteiger partial charge on any atom is -0.497 e. The predicted octanol–water partition coefficient (Wildman–Crippen LogP) is 1.49. The van der Waals surface area contributed by atoms with Gasteiger partial charge < -0.3 is 19.7 Å². The van der Waals surface area contributed by atoms with E-state index in [1.807, 2.05) is 23.1 Å². The molecule has 122 valence electrons. The van der Waals surface area contributed by atoms with E-state index in [1.54, 1.807) is 7.11 Å². The number of carbonyl (C=O) groups excluding carboxylic acids is 1. The van der Waals surface area contributed by atoms with E-state index in [1.165, 1.54) is 0 Å². The molecule has 6 heteroatoms. The van der Waals surface area contributed by atoms with E-state index in [0.717, 1.165) is 43.1 Å². The van der Waals surface area contributed by atoms with E-state index in [2.05, 4.69) is 12.2 Å². The first kappa shape index (κ1) is 16.9. The lowest BCUT2D eigenvalue weighted by Gasteiger charge is -2.35. The highest BCUT2D eigenvalue weighted by molar-refractivity contribution is 5.85. The maximum absolute atomic E-state index is 12.6. The summed E-state index contributed by atoms with van der Waals surface area (Å²) in [6, 6.07) is 6.13. The number of nitrogens with zero attached hydrogens (tertiary/aromatic N) is 1. The molecule has 1 aromatic carbocycles. The molecule has 2 aliphatic heterocycles. The second-order valence-electron chi connectivity index (χ2n) is 5.83. The van der Waals surface area contributed by atoms with Crippen molar-refractivity contribution in [3.8, 4) is 11.5 Å². The van der Waals surface area contributed by atoms with Crippen LogP contribution in [0.1, 0.15) is 12.5 Å². The van der Waals surface area contributed by atoms with Gasteiger partial charge in [0.25, 0.3) is 0 Å². The number of nitrogens with one attached hydrogen (secondary N) is 1. The van der Waals surface area contributed by atoms with Crippen LogP contribution in [0, 0.1) is 5.92 Å². The summed E-state index contributed by atoms with van der Waals surface area (Å²) in [4.78, 5) is 14.6. The van der Waals surface area contributed by atoms with Gasteiger partial charge in [-0.15, -0.1) is 12.4 Å². The molecule has 0 spiro atoms. The predicted molar refractivity (Wildman–Crippen MR) is 87.0 cm³/mol. The third-order valence-electron chi connectivity index (χ3n) is 4.20. The number of piperazine rings is 1. The van der Waals surface area contributed by atoms with E-state index in [-0.39, 0.29) is 24.2 Å². The van der Waals surface area contributed by atoms with Gasteiger partial charge in [-0.2, -0.15) is 0 Å². The van der Waals surface area contributed by atoms with Crippen molar-refractivity contribution in [3.05, 3.63) is 23.8 Å². The van der Waals surface area contributed by atoms with Crippen molar-refractivity contribution in [2.45, 2.75) is 19.4 Å². The molecular weight excluding hydrogens is 304 g/mol. The fourth-order valence-electron chi connectivity index (χ4n) is 3.05. The number of hydrogen-bond acceptors (Lipinski definition) is 4. The number of rotatable bonds is 2. The first-order valence-corrected chi connectivity index (χ1v) is 7.49. The van der Waals surface area contributed by atoms with Gasteiger partial charge in [-0.05, 0) is 37.1 Å². The molecule has 22 heavy (non-hydrogen) atoms. The van der Waals surface area contributed by atoms with Gasteiger partial charge in [-0.25, -0.2) is 0 Å². The molecule has 1 N–H and O–H groups in total. The number of hydrogen-bond donors (Lipinski definition) is 1. The molecular formula is C16H23ClN2O3. The van der Waals surface area contributed by atoms with Crippen molar-refractivity contribution in [2.75, 3.05) is 33.4 Å². The van der Waals surface area contributed by atoms with Gasteiger partial charge in [0.2, 0.25) is 5.91 Å². The molecule has 0 bridgehead atoms. The summed E-state index contributed by atoms with van der Waals surface area (Å²) in [7, 11) is 1.65. The second kappa shape index (κ2) is 7.20. The van der Waals surface area contributed by atoms with Crippen LogP contribution in [0.15, 0.2) is 18.2 Å². The highest BCUT2D eigenvalue weighted by Gasteiger charge is 2.31. The van der Waals surface area contributed by atoms with Crippen LogP contribution in [0.5, 0.6) is 11.5 Å². The summed E-state index contributed by atoms with van der Waals surface area (Å²) >= 11 is 0. The minimum atomic E-state index is -0.0880. The number of methoxy groups -OCH3 is 1. The highest BCUT2D eigenvalue weighted by Crippen LogP contribution is 2.31. The Hall–Kier alpha value is -1.46. The number of carbonyl (C=O) groups is 1. The molecule has 2 atom stereocenters. The third-order valence-corrected chi connectivity index (χ3v) is 4.20. The zero-order valence-corrected chi connectivity index (χ0v) is 13.8. The molecule has 1 fully saturated rings. The number of ether oxygens (including phenoxy) is 2. The van der Waals surface area contributed by atoms with Gasteiger partial charge in [0, 0.05) is 25.7 Å². The van der Waals surface area contributed by atoms with Crippen molar-refractivity contribution in [2.24, 2.45) is 5.92 Å². The standard InChI is InChI=1S/C16H22N2O3.ClH/c1-11-9-18(6-5-17-11)16(19)13-7-12-8-14(20-2)3-4-15(12)21-10-13;/h3-4,8,11,13,17H,5-7,9-10H2,1-2H3;1H. The average Bonchev–Trinajstić information content (AvgIpc) is 2.53. The van der Waals surface area contributed by atoms with Crippen molar-refractivity contribution in [3.63, 3.8) is 0 Å². The Morgan fingerprint density at radius 1 is 1.45 bits per heavy atom. The fraction of sp³-hybridized carbons (Fsp3) is 0.562. The molecule has 2 heterocycles. The molecule has 2 aliphatic rings. The Bertz CT molecular complexity index is 538. The average molecular weight is 327 g/mol. The third kappa shape index (κ3) is 3.47. The highest BCUT2D eigenvalue weighted by atomic mass is 35.5. The smallest absolute Gasteiger partial charge is 0.229 e. The Kier molecular flexibility index (Phi) is 5.53. The molecule has 5 nitrogen and oxygen atoms in total. The van der Waals surface area contributed by atoms with Crippen molar-refractivity contribution >= 4 is 18.3 Å². The lowest BCUT2D eigenvalue weighted by molar-refractivity contribution is -0.138. The molecule has 1 aromatic rings. The summed E-state index contributed by atoms with van der Waals surface area (Å²) in [5.41, 5.74) is 1.06. The molecule has 2 unspecified atom stereocenters. The number of halogens is 1. The zero-order valence-electron chi connectivity index (χ0n) is 13.0. The first-order chi connectivity index (χ1) is 10.2. The lowest BCUT2D eigenvalue weighted by atomic mass is 9.95. The van der Waals surface area contributed by atoms with Crippen LogP contribution in [0.25, 0.3) is 0 Å². The van der Waals surface area contributed by atoms with Gasteiger partial charge in [-0.1, -0.05) is 0 Å². The number of fused-ring (bicyclic) bond motifs is 1. The van der Waals surface area contributed by atoms with E-state index >= 15 is 0 Å². The van der Waals surface area contributed by atoms with Gasteiger partial charge in [0.15, 0.2) is 0 Å². The van der Waals surface area contributed by atoms with E-state index in [0.29, 0.717) is 12.6 Å². The van der Waals surface area contributed by atoms with Crippen LogP contribution >= 0.6 is 12.4 Å². The van der Waals surface area contributed by atoms with Crippen LogP contribution in [-0.2, 0) is 11.2 Å². The van der Waals surface area contributed by atoms with Crippen molar-refractivity contribution < 1.29 is 14.3 Å². The van der Waals surface area contributed by atoms with Crippen LogP contribution in [-0.4, -0.2) is 50.2 Å². The summed E-state index contributed by atoms with van der Waals surface area (Å²) in [6.45, 7) is 5.00. The molecule has 0 aromatic heterocycles. The molecule has 1 amide bonds. The maximum Gasteiger partial charge on any atom is 0.229 e. The molecule has 0 saturated carbocycles. The van der Waals surface area contributed by atoms with Gasteiger partial charge in [0.05, 0.1) is 13.0 Å². The van der Waals surface area contributed by atoms with Gasteiger partial charge >= 0.3 is 0 Å². The van der Waals surface area contributed by atoms with Crippen LogP contribution in [0.2, 0.25) is 0 Å². The molecule has 0 radical (unpaired) electrons. The largest absolute Gasteiger partial charge is 0.497 e. The quantitative estimate of drug-likeness (QED) is 0.894. The monoisotopic (exact) mass is 326 g/mol. The second-order valence-corrected chi connectivity index (χ2v) is 5.83. The lowest BCUT2D eigenvalue weighted by Crippen LogP contribution is -2.53. The molecule has 0 aliphatic carbocycles. The molecule has 3 rings (SSSR count). The Balaban J connectivity index is 0.00000176. The van der Waals surface area contributed by atoms with Gasteiger partial charge in [0.1, 0.15) is 18.1 Å². The Labute approximate surface area is 137 Å². The Morgan fingerprint density at radius 3 is 3.00 bits per heavy atom. The van der Waals surface area contributed by atoms with Crippen molar-refractivity contribution in [1.29, 1.82) is 0 Å². The van der Waals surface area contributed by atoms with E-state index in [9.17, 15) is 4.79 Å².